The van der Waals surface area contributed by atoms with Crippen LogP contribution < -0.4 is 10.6 Å². The van der Waals surface area contributed by atoms with Crippen molar-refractivity contribution in [2.24, 2.45) is 0 Å². The monoisotopic (exact) mass is 196 g/mol. The fourth-order valence-electron chi connectivity index (χ4n) is 1.09. The Kier molecular flexibility index (Phi) is 2.34. The normalized spacial score (nSPS) is 17.5. The fraction of sp³-hybridized carbons (Fsp3) is 0.625. The van der Waals surface area contributed by atoms with Crippen LogP contribution >= 0.6 is 0 Å². The summed E-state index contributed by atoms with van der Waals surface area (Å²) in [6, 6.07) is -0.0511. The van der Waals surface area contributed by atoms with E-state index in [4.69, 9.17) is 0 Å². The summed E-state index contributed by atoms with van der Waals surface area (Å²) < 4.78 is 4.58. The molecule has 1 aliphatic rings. The molecule has 1 saturated carbocycles. The third-order valence-corrected chi connectivity index (χ3v) is 2.03. The van der Waals surface area contributed by atoms with E-state index in [1.807, 2.05) is 0 Å². The standard InChI is InChI=1S/C8H12N4O2/c1-5(7-9-4-14-12-7)10-8(13)11-6-2-3-6/h4-6H,2-3H2,1H3,(H2,10,11,13). The third kappa shape index (κ3) is 2.21. The molecule has 14 heavy (non-hydrogen) atoms. The minimum atomic E-state index is -0.229. The number of rotatable bonds is 3. The summed E-state index contributed by atoms with van der Waals surface area (Å²) in [5.74, 6) is 0.482. The highest BCUT2D eigenvalue weighted by Crippen LogP contribution is 2.18. The number of hydrogen-bond donors (Lipinski definition) is 2. The molecular weight excluding hydrogens is 184 g/mol. The smallest absolute Gasteiger partial charge is 0.315 e. The van der Waals surface area contributed by atoms with Gasteiger partial charge in [0.25, 0.3) is 0 Å². The molecule has 0 saturated heterocycles. The average molecular weight is 196 g/mol. The van der Waals surface area contributed by atoms with Crippen molar-refractivity contribution in [1.29, 1.82) is 0 Å². The molecule has 76 valence electrons. The number of nitrogens with one attached hydrogen (secondary N) is 2. The van der Waals surface area contributed by atoms with Crippen LogP contribution in [0.4, 0.5) is 4.79 Å². The number of aromatic nitrogens is 2. The summed E-state index contributed by atoms with van der Waals surface area (Å²) in [5.41, 5.74) is 0. The van der Waals surface area contributed by atoms with Crippen molar-refractivity contribution < 1.29 is 9.32 Å². The Bertz CT molecular complexity index is 307. The summed E-state index contributed by atoms with van der Waals surface area (Å²) in [6.07, 6.45) is 3.39. The van der Waals surface area contributed by atoms with Gasteiger partial charge in [0.1, 0.15) is 0 Å². The Morgan fingerprint density at radius 3 is 3.07 bits per heavy atom. The summed E-state index contributed by atoms with van der Waals surface area (Å²) >= 11 is 0. The Balaban J connectivity index is 1.81. The van der Waals surface area contributed by atoms with Gasteiger partial charge < -0.3 is 15.2 Å². The van der Waals surface area contributed by atoms with Crippen LogP contribution in [-0.4, -0.2) is 22.2 Å². The molecule has 2 N–H and O–H groups in total. The van der Waals surface area contributed by atoms with E-state index in [9.17, 15) is 4.79 Å². The van der Waals surface area contributed by atoms with Crippen LogP contribution in [0, 0.1) is 0 Å². The number of carbonyl (C=O) groups is 1. The molecule has 1 heterocycles. The van der Waals surface area contributed by atoms with Crippen molar-refractivity contribution in [1.82, 2.24) is 20.8 Å². The molecule has 1 unspecified atom stereocenters. The van der Waals surface area contributed by atoms with E-state index >= 15 is 0 Å². The van der Waals surface area contributed by atoms with Crippen LogP contribution in [0.5, 0.6) is 0 Å². The maximum Gasteiger partial charge on any atom is 0.315 e. The highest BCUT2D eigenvalue weighted by atomic mass is 16.5. The third-order valence-electron chi connectivity index (χ3n) is 2.03. The minimum Gasteiger partial charge on any atom is -0.343 e. The first-order chi connectivity index (χ1) is 6.75. The van der Waals surface area contributed by atoms with Gasteiger partial charge in [0.2, 0.25) is 6.39 Å². The first kappa shape index (κ1) is 8.98. The highest BCUT2D eigenvalue weighted by molar-refractivity contribution is 5.74. The lowest BCUT2D eigenvalue weighted by atomic mass is 10.3. The van der Waals surface area contributed by atoms with Gasteiger partial charge >= 0.3 is 6.03 Å². The molecular formula is C8H12N4O2. The predicted octanol–water partition coefficient (Wildman–Crippen LogP) is 0.592. The van der Waals surface area contributed by atoms with Crippen molar-refractivity contribution in [2.75, 3.05) is 0 Å². The van der Waals surface area contributed by atoms with Crippen molar-refractivity contribution >= 4 is 6.03 Å². The SMILES string of the molecule is CC(NC(=O)NC1CC1)c1ncon1. The number of carbonyl (C=O) groups excluding carboxylic acids is 1. The van der Waals surface area contributed by atoms with Crippen molar-refractivity contribution in [3.05, 3.63) is 12.2 Å². The minimum absolute atomic E-state index is 0.176. The largest absolute Gasteiger partial charge is 0.343 e. The molecule has 1 aromatic rings. The second kappa shape index (κ2) is 3.65. The van der Waals surface area contributed by atoms with Gasteiger partial charge in [-0.05, 0) is 19.8 Å². The van der Waals surface area contributed by atoms with Gasteiger partial charge in [0.05, 0.1) is 6.04 Å². The zero-order valence-electron chi connectivity index (χ0n) is 7.86. The Morgan fingerprint density at radius 2 is 2.50 bits per heavy atom. The Labute approximate surface area is 81.1 Å². The molecule has 1 aliphatic carbocycles. The quantitative estimate of drug-likeness (QED) is 0.741. The second-order valence-corrected chi connectivity index (χ2v) is 3.40. The van der Waals surface area contributed by atoms with Crippen LogP contribution in [0.3, 0.4) is 0 Å². The lowest BCUT2D eigenvalue weighted by molar-refractivity contribution is 0.236. The fourth-order valence-corrected chi connectivity index (χ4v) is 1.09. The Hall–Kier alpha value is -1.59. The summed E-state index contributed by atoms with van der Waals surface area (Å²) in [5, 5.41) is 9.16. The molecule has 0 spiro atoms. The number of amides is 2. The van der Waals surface area contributed by atoms with Crippen LogP contribution in [-0.2, 0) is 0 Å². The molecule has 1 fully saturated rings. The van der Waals surface area contributed by atoms with Gasteiger partial charge in [0, 0.05) is 6.04 Å². The predicted molar refractivity (Wildman–Crippen MR) is 47.4 cm³/mol. The van der Waals surface area contributed by atoms with E-state index in [0.717, 1.165) is 12.8 Å². The van der Waals surface area contributed by atoms with Crippen LogP contribution in [0.25, 0.3) is 0 Å². The highest BCUT2D eigenvalue weighted by Gasteiger charge is 2.24. The summed E-state index contributed by atoms with van der Waals surface area (Å²) in [6.45, 7) is 1.80. The molecule has 0 aromatic carbocycles. The summed E-state index contributed by atoms with van der Waals surface area (Å²) in [4.78, 5) is 15.1. The van der Waals surface area contributed by atoms with E-state index in [1.165, 1.54) is 6.39 Å². The average Bonchev–Trinajstić information content (AvgIpc) is 2.80. The van der Waals surface area contributed by atoms with Crippen molar-refractivity contribution in [3.63, 3.8) is 0 Å². The van der Waals surface area contributed by atoms with E-state index in [1.54, 1.807) is 6.92 Å². The molecule has 0 aliphatic heterocycles. The van der Waals surface area contributed by atoms with Gasteiger partial charge in [-0.1, -0.05) is 5.16 Å². The molecule has 1 atom stereocenters. The molecule has 0 radical (unpaired) electrons. The first-order valence-corrected chi connectivity index (χ1v) is 4.59. The van der Waals surface area contributed by atoms with Crippen LogP contribution in [0.15, 0.2) is 10.9 Å². The lowest BCUT2D eigenvalue weighted by Crippen LogP contribution is -2.38. The molecule has 2 amide bonds. The van der Waals surface area contributed by atoms with Gasteiger partial charge in [-0.3, -0.25) is 0 Å². The maximum absolute atomic E-state index is 11.3. The van der Waals surface area contributed by atoms with Gasteiger partial charge in [-0.15, -0.1) is 0 Å². The lowest BCUT2D eigenvalue weighted by Gasteiger charge is -2.10. The summed E-state index contributed by atoms with van der Waals surface area (Å²) in [7, 11) is 0. The molecule has 6 heteroatoms. The molecule has 6 nitrogen and oxygen atoms in total. The second-order valence-electron chi connectivity index (χ2n) is 3.40. The topological polar surface area (TPSA) is 80.0 Å². The Morgan fingerprint density at radius 1 is 1.71 bits per heavy atom. The van der Waals surface area contributed by atoms with Gasteiger partial charge in [0.15, 0.2) is 5.82 Å². The van der Waals surface area contributed by atoms with Crippen LogP contribution in [0.2, 0.25) is 0 Å². The number of hydrogen-bond acceptors (Lipinski definition) is 4. The van der Waals surface area contributed by atoms with Crippen molar-refractivity contribution in [3.8, 4) is 0 Å². The zero-order valence-corrected chi connectivity index (χ0v) is 7.86. The number of nitrogens with zero attached hydrogens (tertiary/aromatic N) is 2. The van der Waals surface area contributed by atoms with Crippen LogP contribution in [0.1, 0.15) is 31.6 Å². The van der Waals surface area contributed by atoms with Gasteiger partial charge in [-0.2, -0.15) is 4.98 Å². The number of urea groups is 1. The molecule has 1 aromatic heterocycles. The zero-order chi connectivity index (χ0) is 9.97. The van der Waals surface area contributed by atoms with E-state index in [0.29, 0.717) is 11.9 Å². The van der Waals surface area contributed by atoms with E-state index < -0.39 is 0 Å². The van der Waals surface area contributed by atoms with E-state index in [2.05, 4.69) is 25.3 Å². The first-order valence-electron chi connectivity index (χ1n) is 4.59. The van der Waals surface area contributed by atoms with E-state index in [-0.39, 0.29) is 12.1 Å². The van der Waals surface area contributed by atoms with Gasteiger partial charge in [-0.25, -0.2) is 4.79 Å². The maximum atomic E-state index is 11.3. The van der Waals surface area contributed by atoms with Crippen molar-refractivity contribution in [2.45, 2.75) is 31.8 Å². The molecule has 2 rings (SSSR count). The molecule has 0 bridgehead atoms.